The number of benzene rings is 2. The van der Waals surface area contributed by atoms with E-state index in [1.807, 2.05) is 66.9 Å². The van der Waals surface area contributed by atoms with Crippen LogP contribution in [0.3, 0.4) is 0 Å². The second-order valence-corrected chi connectivity index (χ2v) is 7.93. The maximum Gasteiger partial charge on any atom is 0.119 e. The Kier molecular flexibility index (Phi) is 6.69. The first kappa shape index (κ1) is 20.5. The van der Waals surface area contributed by atoms with Crippen LogP contribution in [0, 0.1) is 11.8 Å². The molecule has 0 amide bonds. The second-order valence-electron chi connectivity index (χ2n) is 7.49. The number of halogens is 1. The quantitative estimate of drug-likeness (QED) is 0.513. The first-order valence-corrected chi connectivity index (χ1v) is 10.8. The van der Waals surface area contributed by atoms with Gasteiger partial charge in [-0.15, -0.1) is 0 Å². The summed E-state index contributed by atoms with van der Waals surface area (Å²) in [7, 11) is 0. The van der Waals surface area contributed by atoms with Gasteiger partial charge in [-0.05, 0) is 79.9 Å². The number of hydrogen-bond acceptors (Lipinski definition) is 3. The molecule has 4 heteroatoms. The number of likely N-dealkylation sites (N-methyl/N-ethyl adjacent to an activating group) is 1. The fourth-order valence-electron chi connectivity index (χ4n) is 3.62. The van der Waals surface area contributed by atoms with Gasteiger partial charge >= 0.3 is 0 Å². The van der Waals surface area contributed by atoms with Crippen LogP contribution in [-0.2, 0) is 0 Å². The number of likely N-dealkylation sites (tertiary alicyclic amines) is 1. The third-order valence-electron chi connectivity index (χ3n) is 5.34. The monoisotopic (exact) mass is 416 g/mol. The minimum atomic E-state index is 0.277. The maximum absolute atomic E-state index is 6.16. The predicted octanol–water partition coefficient (Wildman–Crippen LogP) is 5.66. The third kappa shape index (κ3) is 5.42. The van der Waals surface area contributed by atoms with E-state index in [4.69, 9.17) is 16.3 Å². The number of piperidine rings is 1. The number of ether oxygens (including phenoxy) is 1. The Bertz CT molecular complexity index is 1020. The lowest BCUT2D eigenvalue weighted by Crippen LogP contribution is -2.40. The summed E-state index contributed by atoms with van der Waals surface area (Å²) >= 11 is 5.95. The number of nitrogens with zero attached hydrogens (tertiary/aromatic N) is 2. The van der Waals surface area contributed by atoms with E-state index < -0.39 is 0 Å². The van der Waals surface area contributed by atoms with Crippen molar-refractivity contribution >= 4 is 11.6 Å². The van der Waals surface area contributed by atoms with Crippen LogP contribution in [0.1, 0.15) is 31.0 Å². The van der Waals surface area contributed by atoms with Gasteiger partial charge < -0.3 is 4.74 Å². The molecule has 3 nitrogen and oxygen atoms in total. The van der Waals surface area contributed by atoms with Crippen LogP contribution in [0.15, 0.2) is 66.9 Å². The van der Waals surface area contributed by atoms with E-state index in [1.54, 1.807) is 0 Å². The average molecular weight is 417 g/mol. The minimum Gasteiger partial charge on any atom is -0.489 e. The van der Waals surface area contributed by atoms with E-state index in [9.17, 15) is 0 Å². The predicted molar refractivity (Wildman–Crippen MR) is 123 cm³/mol. The van der Waals surface area contributed by atoms with Gasteiger partial charge in [0.15, 0.2) is 0 Å². The van der Waals surface area contributed by atoms with Crippen molar-refractivity contribution in [2.45, 2.75) is 25.9 Å². The third-order valence-corrected chi connectivity index (χ3v) is 5.59. The van der Waals surface area contributed by atoms with Gasteiger partial charge in [-0.2, -0.15) is 0 Å². The van der Waals surface area contributed by atoms with E-state index in [2.05, 4.69) is 28.6 Å². The van der Waals surface area contributed by atoms with Crippen molar-refractivity contribution in [1.29, 1.82) is 0 Å². The average Bonchev–Trinajstić information content (AvgIpc) is 2.80. The van der Waals surface area contributed by atoms with E-state index in [-0.39, 0.29) is 6.10 Å². The molecular formula is C26H25ClN2O. The normalized spacial score (nSPS) is 16.5. The van der Waals surface area contributed by atoms with Crippen molar-refractivity contribution in [1.82, 2.24) is 9.88 Å². The highest BCUT2D eigenvalue weighted by Gasteiger charge is 2.19. The van der Waals surface area contributed by atoms with Crippen LogP contribution in [0.5, 0.6) is 5.75 Å². The molecule has 4 rings (SSSR count). The lowest BCUT2D eigenvalue weighted by Gasteiger charge is -2.31. The highest BCUT2D eigenvalue weighted by molar-refractivity contribution is 6.30. The standard InChI is InChI=1S/C26H25ClN2O/c1-2-29-17-3-4-26(19-29)30-25-15-6-20(7-16-25)5-13-24-14-10-22(18-28-24)21-8-11-23(27)12-9-21/h6-12,14-16,18,26H,2-4,17,19H2,1H3. The first-order chi connectivity index (χ1) is 14.7. The van der Waals surface area contributed by atoms with Crippen molar-refractivity contribution in [3.8, 4) is 28.7 Å². The summed E-state index contributed by atoms with van der Waals surface area (Å²) in [6.45, 7) is 5.48. The molecule has 0 spiro atoms. The Morgan fingerprint density at radius 1 is 1.00 bits per heavy atom. The van der Waals surface area contributed by atoms with Crippen molar-refractivity contribution in [3.05, 3.63) is 83.1 Å². The molecule has 0 bridgehead atoms. The van der Waals surface area contributed by atoms with Crippen LogP contribution in [0.4, 0.5) is 0 Å². The smallest absolute Gasteiger partial charge is 0.119 e. The molecule has 0 aliphatic carbocycles. The lowest BCUT2D eigenvalue weighted by atomic mass is 10.1. The molecule has 0 N–H and O–H groups in total. The van der Waals surface area contributed by atoms with Crippen molar-refractivity contribution in [2.75, 3.05) is 19.6 Å². The second kappa shape index (κ2) is 9.80. The highest BCUT2D eigenvalue weighted by atomic mass is 35.5. The topological polar surface area (TPSA) is 25.4 Å². The minimum absolute atomic E-state index is 0.277. The van der Waals surface area contributed by atoms with E-state index in [0.29, 0.717) is 0 Å². The molecule has 1 aromatic heterocycles. The molecule has 152 valence electrons. The van der Waals surface area contributed by atoms with Gasteiger partial charge in [-0.3, -0.25) is 4.90 Å². The summed E-state index contributed by atoms with van der Waals surface area (Å²) in [5.74, 6) is 7.23. The summed E-state index contributed by atoms with van der Waals surface area (Å²) in [5.41, 5.74) is 3.82. The van der Waals surface area contributed by atoms with Crippen molar-refractivity contribution < 1.29 is 4.74 Å². The van der Waals surface area contributed by atoms with Gasteiger partial charge in [0.2, 0.25) is 0 Å². The zero-order valence-corrected chi connectivity index (χ0v) is 17.9. The van der Waals surface area contributed by atoms with Crippen molar-refractivity contribution in [2.24, 2.45) is 0 Å². The molecule has 2 aromatic carbocycles. The summed E-state index contributed by atoms with van der Waals surface area (Å²) in [5, 5.41) is 0.729. The van der Waals surface area contributed by atoms with Gasteiger partial charge in [0, 0.05) is 28.9 Å². The van der Waals surface area contributed by atoms with Crippen LogP contribution in [-0.4, -0.2) is 35.6 Å². The molecule has 3 aromatic rings. The molecule has 1 aliphatic rings. The Morgan fingerprint density at radius 3 is 2.47 bits per heavy atom. The number of rotatable bonds is 4. The number of hydrogen-bond donors (Lipinski definition) is 0. The van der Waals surface area contributed by atoms with E-state index in [0.717, 1.165) is 52.7 Å². The molecule has 1 atom stereocenters. The SMILES string of the molecule is CCN1CCCC(Oc2ccc(C#Cc3ccc(-c4ccc(Cl)cc4)cn3)cc2)C1. The number of pyridine rings is 1. The van der Waals surface area contributed by atoms with Gasteiger partial charge in [-0.25, -0.2) is 4.98 Å². The van der Waals surface area contributed by atoms with E-state index >= 15 is 0 Å². The van der Waals surface area contributed by atoms with Crippen LogP contribution >= 0.6 is 11.6 Å². The van der Waals surface area contributed by atoms with Crippen LogP contribution in [0.25, 0.3) is 11.1 Å². The summed E-state index contributed by atoms with van der Waals surface area (Å²) < 4.78 is 6.16. The fraction of sp³-hybridized carbons (Fsp3) is 0.269. The maximum atomic E-state index is 6.16. The molecule has 0 radical (unpaired) electrons. The van der Waals surface area contributed by atoms with Gasteiger partial charge in [0.1, 0.15) is 17.5 Å². The zero-order chi connectivity index (χ0) is 20.8. The molecule has 1 aliphatic heterocycles. The molecule has 1 unspecified atom stereocenters. The Labute approximate surface area is 183 Å². The van der Waals surface area contributed by atoms with Crippen LogP contribution < -0.4 is 4.74 Å². The van der Waals surface area contributed by atoms with Gasteiger partial charge in [-0.1, -0.05) is 42.6 Å². The molecular weight excluding hydrogens is 392 g/mol. The molecule has 1 fully saturated rings. The summed E-state index contributed by atoms with van der Waals surface area (Å²) in [4.78, 5) is 6.91. The Balaban J connectivity index is 1.37. The summed E-state index contributed by atoms with van der Waals surface area (Å²) in [6, 6.07) is 19.7. The van der Waals surface area contributed by atoms with E-state index in [1.165, 1.54) is 13.0 Å². The lowest BCUT2D eigenvalue weighted by molar-refractivity contribution is 0.0920. The largest absolute Gasteiger partial charge is 0.489 e. The zero-order valence-electron chi connectivity index (χ0n) is 17.1. The molecule has 2 heterocycles. The van der Waals surface area contributed by atoms with Crippen LogP contribution in [0.2, 0.25) is 5.02 Å². The summed E-state index contributed by atoms with van der Waals surface area (Å²) in [6.07, 6.45) is 4.44. The Morgan fingerprint density at radius 2 is 1.77 bits per heavy atom. The first-order valence-electron chi connectivity index (χ1n) is 10.4. The van der Waals surface area contributed by atoms with Gasteiger partial charge in [0.25, 0.3) is 0 Å². The number of aromatic nitrogens is 1. The fourth-order valence-corrected chi connectivity index (χ4v) is 3.75. The van der Waals surface area contributed by atoms with Crippen molar-refractivity contribution in [3.63, 3.8) is 0 Å². The molecule has 30 heavy (non-hydrogen) atoms. The molecule has 1 saturated heterocycles. The Hall–Kier alpha value is -2.80. The molecule has 0 saturated carbocycles. The van der Waals surface area contributed by atoms with Gasteiger partial charge in [0.05, 0.1) is 0 Å². The highest BCUT2D eigenvalue weighted by Crippen LogP contribution is 2.21.